The number of rotatable bonds is 7. The van der Waals surface area contributed by atoms with Crippen molar-refractivity contribution in [2.24, 2.45) is 0 Å². The number of thioether (sulfide) groups is 1. The predicted octanol–water partition coefficient (Wildman–Crippen LogP) is 1.25. The number of hydrogen-bond acceptors (Lipinski definition) is 6. The lowest BCUT2D eigenvalue weighted by Crippen LogP contribution is -2.40. The fourth-order valence-corrected chi connectivity index (χ4v) is 3.40. The number of nitrogens with one attached hydrogen (secondary N) is 2. The molecule has 3 rings (SSSR count). The lowest BCUT2D eigenvalue weighted by molar-refractivity contribution is -0.126. The summed E-state index contributed by atoms with van der Waals surface area (Å²) in [5.74, 6) is 0.804. The summed E-state index contributed by atoms with van der Waals surface area (Å²) < 4.78 is 0. The highest BCUT2D eigenvalue weighted by Crippen LogP contribution is 2.24. The first kappa shape index (κ1) is 15.9. The van der Waals surface area contributed by atoms with Crippen LogP contribution in [0.2, 0.25) is 0 Å². The number of hydrogen-bond donors (Lipinski definition) is 2. The van der Waals surface area contributed by atoms with E-state index in [4.69, 9.17) is 0 Å². The number of aromatic nitrogens is 4. The maximum absolute atomic E-state index is 12.7. The van der Waals surface area contributed by atoms with E-state index in [0.717, 1.165) is 42.3 Å². The van der Waals surface area contributed by atoms with Crippen molar-refractivity contribution in [2.45, 2.75) is 23.9 Å². The molecule has 8 heteroatoms. The molecule has 1 fully saturated rings. The molecular weight excluding hydrogens is 312 g/mol. The topological polar surface area (TPSA) is 86.8 Å². The van der Waals surface area contributed by atoms with Gasteiger partial charge in [-0.05, 0) is 37.6 Å². The molecule has 1 atom stereocenters. The van der Waals surface area contributed by atoms with Gasteiger partial charge >= 0.3 is 0 Å². The van der Waals surface area contributed by atoms with E-state index in [0.29, 0.717) is 6.54 Å². The van der Waals surface area contributed by atoms with Crippen LogP contribution in [0.5, 0.6) is 0 Å². The van der Waals surface area contributed by atoms with E-state index in [2.05, 4.69) is 30.6 Å². The van der Waals surface area contributed by atoms with Crippen LogP contribution in [0.3, 0.4) is 0 Å². The number of nitrogens with zero attached hydrogens (tertiary/aromatic N) is 4. The third kappa shape index (κ3) is 4.29. The van der Waals surface area contributed by atoms with Gasteiger partial charge < -0.3 is 5.32 Å². The Kier molecular flexibility index (Phi) is 5.60. The summed E-state index contributed by atoms with van der Waals surface area (Å²) in [6.45, 7) is 2.52. The lowest BCUT2D eigenvalue weighted by atomic mass is 10.1. The van der Waals surface area contributed by atoms with Crippen molar-refractivity contribution in [3.05, 3.63) is 36.3 Å². The molecule has 0 aromatic carbocycles. The lowest BCUT2D eigenvalue weighted by Gasteiger charge is -2.26. The first-order valence-electron chi connectivity index (χ1n) is 7.75. The average molecular weight is 332 g/mol. The van der Waals surface area contributed by atoms with Crippen LogP contribution >= 0.6 is 11.8 Å². The molecule has 3 heterocycles. The first-order valence-corrected chi connectivity index (χ1v) is 8.73. The number of amides is 1. The molecule has 0 bridgehead atoms. The largest absolute Gasteiger partial charge is 0.354 e. The van der Waals surface area contributed by atoms with Crippen molar-refractivity contribution in [2.75, 3.05) is 25.4 Å². The molecule has 1 aliphatic heterocycles. The predicted molar refractivity (Wildman–Crippen MR) is 87.9 cm³/mol. The van der Waals surface area contributed by atoms with Gasteiger partial charge in [0.05, 0.1) is 6.20 Å². The Morgan fingerprint density at radius 2 is 2.26 bits per heavy atom. The van der Waals surface area contributed by atoms with Gasteiger partial charge in [-0.2, -0.15) is 10.3 Å². The highest BCUT2D eigenvalue weighted by Gasteiger charge is 2.29. The SMILES string of the molecule is O=C(NCCSc1cn[nH]n1)[C@@H](c1cccnc1)N1CCCC1. The van der Waals surface area contributed by atoms with Gasteiger partial charge in [-0.3, -0.25) is 14.7 Å². The molecule has 1 saturated heterocycles. The summed E-state index contributed by atoms with van der Waals surface area (Å²) in [5, 5.41) is 14.2. The molecule has 0 radical (unpaired) electrons. The second-order valence-electron chi connectivity index (χ2n) is 5.38. The maximum atomic E-state index is 12.7. The normalized spacial score (nSPS) is 16.3. The van der Waals surface area contributed by atoms with Gasteiger partial charge in [0.2, 0.25) is 5.91 Å². The molecule has 122 valence electrons. The van der Waals surface area contributed by atoms with Crippen LogP contribution in [0.15, 0.2) is 35.7 Å². The van der Waals surface area contributed by atoms with Gasteiger partial charge in [0.1, 0.15) is 11.1 Å². The fourth-order valence-electron chi connectivity index (χ4n) is 2.75. The van der Waals surface area contributed by atoms with Crippen LogP contribution in [0.4, 0.5) is 0 Å². The van der Waals surface area contributed by atoms with Gasteiger partial charge in [0.15, 0.2) is 0 Å². The Hall–Kier alpha value is -1.93. The van der Waals surface area contributed by atoms with Crippen molar-refractivity contribution < 1.29 is 4.79 Å². The molecule has 0 aliphatic carbocycles. The van der Waals surface area contributed by atoms with Crippen molar-refractivity contribution in [3.8, 4) is 0 Å². The monoisotopic (exact) mass is 332 g/mol. The van der Waals surface area contributed by atoms with Gasteiger partial charge in [0.25, 0.3) is 0 Å². The van der Waals surface area contributed by atoms with Crippen LogP contribution in [0.1, 0.15) is 24.4 Å². The molecule has 0 saturated carbocycles. The average Bonchev–Trinajstić information content (AvgIpc) is 3.27. The molecule has 1 aliphatic rings. The number of likely N-dealkylation sites (tertiary alicyclic amines) is 1. The van der Waals surface area contributed by atoms with Gasteiger partial charge in [-0.15, -0.1) is 16.9 Å². The van der Waals surface area contributed by atoms with Gasteiger partial charge in [0, 0.05) is 24.7 Å². The van der Waals surface area contributed by atoms with Crippen LogP contribution in [-0.2, 0) is 4.79 Å². The Balaban J connectivity index is 1.56. The minimum atomic E-state index is -0.247. The standard InChI is InChI=1S/C15H20N6OS/c22-15(17-6-9-23-13-11-18-20-19-13)14(21-7-1-2-8-21)12-4-3-5-16-10-12/h3-5,10-11,14H,1-2,6-9H2,(H,17,22)(H,18,19,20)/t14-/m1/s1. The molecule has 23 heavy (non-hydrogen) atoms. The summed E-state index contributed by atoms with van der Waals surface area (Å²) in [6, 6.07) is 3.61. The van der Waals surface area contributed by atoms with Crippen LogP contribution in [0.25, 0.3) is 0 Å². The molecule has 2 aromatic heterocycles. The first-order chi connectivity index (χ1) is 11.3. The summed E-state index contributed by atoms with van der Waals surface area (Å²) in [5.41, 5.74) is 0.955. The quantitative estimate of drug-likeness (QED) is 0.586. The van der Waals surface area contributed by atoms with E-state index in [9.17, 15) is 4.79 Å². The second-order valence-corrected chi connectivity index (χ2v) is 6.49. The van der Waals surface area contributed by atoms with E-state index >= 15 is 0 Å². The van der Waals surface area contributed by atoms with Gasteiger partial charge in [-0.1, -0.05) is 6.07 Å². The Labute approximate surface area is 139 Å². The van der Waals surface area contributed by atoms with Crippen LogP contribution in [0, 0.1) is 0 Å². The molecule has 0 unspecified atom stereocenters. The number of carbonyl (C=O) groups excluding carboxylic acids is 1. The van der Waals surface area contributed by atoms with E-state index in [1.807, 2.05) is 12.1 Å². The summed E-state index contributed by atoms with van der Waals surface area (Å²) in [7, 11) is 0. The van der Waals surface area contributed by atoms with Gasteiger partial charge in [-0.25, -0.2) is 0 Å². The van der Waals surface area contributed by atoms with Crippen molar-refractivity contribution in [1.29, 1.82) is 0 Å². The van der Waals surface area contributed by atoms with Crippen LogP contribution in [-0.4, -0.2) is 56.6 Å². The van der Waals surface area contributed by atoms with E-state index < -0.39 is 0 Å². The zero-order valence-corrected chi connectivity index (χ0v) is 13.6. The molecule has 7 nitrogen and oxygen atoms in total. The maximum Gasteiger partial charge on any atom is 0.242 e. The molecule has 2 N–H and O–H groups in total. The van der Waals surface area contributed by atoms with E-state index in [-0.39, 0.29) is 11.9 Å². The van der Waals surface area contributed by atoms with Crippen molar-refractivity contribution in [3.63, 3.8) is 0 Å². The summed E-state index contributed by atoms with van der Waals surface area (Å²) >= 11 is 1.56. The zero-order valence-electron chi connectivity index (χ0n) is 12.8. The smallest absolute Gasteiger partial charge is 0.242 e. The van der Waals surface area contributed by atoms with E-state index in [1.165, 1.54) is 0 Å². The molecular formula is C15H20N6OS. The minimum Gasteiger partial charge on any atom is -0.354 e. The Bertz CT molecular complexity index is 600. The Morgan fingerprint density at radius 3 is 2.96 bits per heavy atom. The molecule has 2 aromatic rings. The highest BCUT2D eigenvalue weighted by molar-refractivity contribution is 7.99. The fraction of sp³-hybridized carbons (Fsp3) is 0.467. The number of H-pyrrole nitrogens is 1. The van der Waals surface area contributed by atoms with Crippen molar-refractivity contribution in [1.82, 2.24) is 30.6 Å². The number of pyridine rings is 1. The summed E-state index contributed by atoms with van der Waals surface area (Å²) in [6.07, 6.45) is 7.48. The minimum absolute atomic E-state index is 0.0423. The summed E-state index contributed by atoms with van der Waals surface area (Å²) in [4.78, 5) is 19.1. The second kappa shape index (κ2) is 8.07. The number of carbonyl (C=O) groups is 1. The van der Waals surface area contributed by atoms with E-state index in [1.54, 1.807) is 30.4 Å². The van der Waals surface area contributed by atoms with Crippen molar-refractivity contribution >= 4 is 17.7 Å². The third-order valence-corrected chi connectivity index (χ3v) is 4.70. The molecule has 0 spiro atoms. The zero-order chi connectivity index (χ0) is 15.9. The third-order valence-electron chi connectivity index (χ3n) is 3.80. The molecule has 1 amide bonds. The Morgan fingerprint density at radius 1 is 1.39 bits per heavy atom. The number of aromatic amines is 1. The highest BCUT2D eigenvalue weighted by atomic mass is 32.2. The van der Waals surface area contributed by atoms with Crippen LogP contribution < -0.4 is 5.32 Å².